The van der Waals surface area contributed by atoms with Crippen molar-refractivity contribution in [2.75, 3.05) is 18.8 Å². The number of hydrogen-bond acceptors (Lipinski definition) is 7. The van der Waals surface area contributed by atoms with Crippen LogP contribution in [0, 0.1) is 11.3 Å². The molecule has 0 amide bonds. The summed E-state index contributed by atoms with van der Waals surface area (Å²) in [6, 6.07) is 4.00. The van der Waals surface area contributed by atoms with E-state index in [4.69, 9.17) is 5.73 Å². The number of H-pyrrole nitrogens is 1. The quantitative estimate of drug-likeness (QED) is 0.651. The third-order valence-corrected chi connectivity index (χ3v) is 7.31. The predicted molar refractivity (Wildman–Crippen MR) is 103 cm³/mol. The Bertz CT molecular complexity index is 1180. The van der Waals surface area contributed by atoms with Crippen molar-refractivity contribution < 1.29 is 8.42 Å². The maximum atomic E-state index is 12.4. The van der Waals surface area contributed by atoms with E-state index in [-0.39, 0.29) is 25.3 Å². The van der Waals surface area contributed by atoms with E-state index in [0.717, 1.165) is 5.39 Å². The second-order valence-electron chi connectivity index (χ2n) is 7.26. The van der Waals surface area contributed by atoms with Crippen LogP contribution in [-0.2, 0) is 15.6 Å². The van der Waals surface area contributed by atoms with Gasteiger partial charge < -0.3 is 10.7 Å². The topological polar surface area (TPSA) is 147 Å². The molecule has 3 aromatic rings. The van der Waals surface area contributed by atoms with Gasteiger partial charge in [-0.25, -0.2) is 18.4 Å². The molecule has 3 N–H and O–H groups in total. The number of rotatable bonds is 5. The first-order chi connectivity index (χ1) is 13.3. The van der Waals surface area contributed by atoms with Gasteiger partial charge in [-0.05, 0) is 19.9 Å². The summed E-state index contributed by atoms with van der Waals surface area (Å²) in [7, 11) is -3.39. The first-order valence-corrected chi connectivity index (χ1v) is 10.3. The number of aromatic nitrogens is 5. The van der Waals surface area contributed by atoms with Crippen molar-refractivity contribution >= 4 is 26.9 Å². The van der Waals surface area contributed by atoms with Crippen molar-refractivity contribution in [2.45, 2.75) is 31.1 Å². The van der Waals surface area contributed by atoms with Crippen LogP contribution in [0.5, 0.6) is 0 Å². The molecule has 11 heteroatoms. The van der Waals surface area contributed by atoms with Gasteiger partial charge in [0, 0.05) is 30.9 Å². The Morgan fingerprint density at radius 2 is 2.14 bits per heavy atom. The highest BCUT2D eigenvalue weighted by atomic mass is 32.2. The summed E-state index contributed by atoms with van der Waals surface area (Å²) in [5, 5.41) is 14.0. The highest BCUT2D eigenvalue weighted by Crippen LogP contribution is 2.38. The molecule has 0 aromatic carbocycles. The van der Waals surface area contributed by atoms with Crippen molar-refractivity contribution in [2.24, 2.45) is 0 Å². The summed E-state index contributed by atoms with van der Waals surface area (Å²) in [5.41, 5.74) is 7.35. The Hall–Kier alpha value is -2.97. The first-order valence-electron chi connectivity index (χ1n) is 8.78. The van der Waals surface area contributed by atoms with Crippen molar-refractivity contribution in [3.05, 3.63) is 24.8 Å². The van der Waals surface area contributed by atoms with Crippen LogP contribution in [0.15, 0.2) is 24.8 Å². The Labute approximate surface area is 162 Å². The fourth-order valence-electron chi connectivity index (χ4n) is 3.47. The maximum Gasteiger partial charge on any atom is 0.216 e. The smallest absolute Gasteiger partial charge is 0.216 e. The molecule has 1 saturated heterocycles. The van der Waals surface area contributed by atoms with Gasteiger partial charge in [-0.15, -0.1) is 0 Å². The average Bonchev–Trinajstić information content (AvgIpc) is 3.23. The van der Waals surface area contributed by atoms with E-state index in [1.165, 1.54) is 10.6 Å². The highest BCUT2D eigenvalue weighted by molar-refractivity contribution is 7.89. The molecule has 4 heterocycles. The highest BCUT2D eigenvalue weighted by Gasteiger charge is 2.51. The van der Waals surface area contributed by atoms with E-state index in [0.29, 0.717) is 16.9 Å². The van der Waals surface area contributed by atoms with Gasteiger partial charge in [0.15, 0.2) is 5.82 Å². The molecule has 0 atom stereocenters. The van der Waals surface area contributed by atoms with Crippen molar-refractivity contribution in [1.82, 2.24) is 29.0 Å². The summed E-state index contributed by atoms with van der Waals surface area (Å²) in [5.74, 6) is 0.267. The molecule has 10 nitrogen and oxygen atoms in total. The zero-order valence-corrected chi connectivity index (χ0v) is 16.3. The fourth-order valence-corrected chi connectivity index (χ4v) is 4.91. The van der Waals surface area contributed by atoms with Crippen LogP contribution >= 0.6 is 0 Å². The monoisotopic (exact) mass is 400 g/mol. The molecular weight excluding hydrogens is 380 g/mol. The lowest BCUT2D eigenvalue weighted by Gasteiger charge is -2.48. The molecule has 0 spiro atoms. The van der Waals surface area contributed by atoms with E-state index in [1.54, 1.807) is 30.9 Å². The van der Waals surface area contributed by atoms with E-state index < -0.39 is 20.8 Å². The minimum Gasteiger partial charge on any atom is -0.382 e. The molecule has 1 aliphatic rings. The lowest BCUT2D eigenvalue weighted by molar-refractivity contribution is 0.0714. The molecule has 1 fully saturated rings. The Balaban J connectivity index is 1.73. The first kappa shape index (κ1) is 18.4. The van der Waals surface area contributed by atoms with E-state index in [9.17, 15) is 13.7 Å². The van der Waals surface area contributed by atoms with Gasteiger partial charge in [0.2, 0.25) is 10.0 Å². The molecule has 146 valence electrons. The third-order valence-electron chi connectivity index (χ3n) is 5.14. The number of nitrogens with zero attached hydrogens (tertiary/aromatic N) is 6. The standard InChI is InChI=1S/C17H20N8O2S/c1-11(2)28(26,27)24-8-17(9-24,4-5-18)25-7-13(15(19)23-25)14-12-3-6-20-16(12)22-10-21-14/h3,6-7,10-11H,4,8-9H2,1-2H3,(H2,19,23)(H,20,21,22). The number of nitrogens with two attached hydrogens (primary N) is 1. The molecule has 0 bridgehead atoms. The molecule has 0 unspecified atom stereocenters. The van der Waals surface area contributed by atoms with Crippen LogP contribution in [-0.4, -0.2) is 55.8 Å². The SMILES string of the molecule is CC(C)S(=O)(=O)N1CC(CC#N)(n2cc(-c3ncnc4[nH]ccc34)c(N)n2)C1. The number of anilines is 1. The summed E-state index contributed by atoms with van der Waals surface area (Å²) in [6.07, 6.45) is 5.07. The minimum atomic E-state index is -3.39. The largest absolute Gasteiger partial charge is 0.382 e. The second kappa shape index (κ2) is 6.29. The van der Waals surface area contributed by atoms with Gasteiger partial charge in [-0.2, -0.15) is 14.7 Å². The summed E-state index contributed by atoms with van der Waals surface area (Å²) in [6.45, 7) is 3.65. The number of fused-ring (bicyclic) bond motifs is 1. The van der Waals surface area contributed by atoms with Gasteiger partial charge >= 0.3 is 0 Å². The number of aromatic amines is 1. The van der Waals surface area contributed by atoms with Crippen LogP contribution < -0.4 is 5.73 Å². The van der Waals surface area contributed by atoms with Crippen LogP contribution in [0.25, 0.3) is 22.3 Å². The molecule has 4 rings (SSSR count). The molecule has 1 aliphatic heterocycles. The van der Waals surface area contributed by atoms with Crippen molar-refractivity contribution in [1.29, 1.82) is 5.26 Å². The molecule has 3 aromatic heterocycles. The minimum absolute atomic E-state index is 0.126. The van der Waals surface area contributed by atoms with Crippen molar-refractivity contribution in [3.8, 4) is 17.3 Å². The number of sulfonamides is 1. The number of nitrogens with one attached hydrogen (secondary N) is 1. The molecular formula is C17H20N8O2S. The van der Waals surface area contributed by atoms with Crippen LogP contribution in [0.1, 0.15) is 20.3 Å². The molecule has 0 aliphatic carbocycles. The summed E-state index contributed by atoms with van der Waals surface area (Å²) in [4.78, 5) is 11.5. The lowest BCUT2D eigenvalue weighted by Crippen LogP contribution is -2.65. The zero-order valence-electron chi connectivity index (χ0n) is 15.5. The Morgan fingerprint density at radius 3 is 2.82 bits per heavy atom. The Morgan fingerprint density at radius 1 is 1.39 bits per heavy atom. The van der Waals surface area contributed by atoms with Gasteiger partial charge in [-0.1, -0.05) is 0 Å². The van der Waals surface area contributed by atoms with Gasteiger partial charge in [-0.3, -0.25) is 4.68 Å². The number of nitriles is 1. The lowest BCUT2D eigenvalue weighted by atomic mass is 9.89. The van der Waals surface area contributed by atoms with E-state index in [2.05, 4.69) is 26.1 Å². The third kappa shape index (κ3) is 2.64. The maximum absolute atomic E-state index is 12.4. The second-order valence-corrected chi connectivity index (χ2v) is 9.74. The van der Waals surface area contributed by atoms with Crippen molar-refractivity contribution in [3.63, 3.8) is 0 Å². The molecule has 0 radical (unpaired) electrons. The van der Waals surface area contributed by atoms with E-state index >= 15 is 0 Å². The molecule has 28 heavy (non-hydrogen) atoms. The zero-order chi connectivity index (χ0) is 20.1. The van der Waals surface area contributed by atoms with Gasteiger partial charge in [0.05, 0.1) is 29.0 Å². The van der Waals surface area contributed by atoms with Gasteiger partial charge in [0.25, 0.3) is 0 Å². The fraction of sp³-hybridized carbons (Fsp3) is 0.412. The number of hydrogen-bond donors (Lipinski definition) is 2. The predicted octanol–water partition coefficient (Wildman–Crippen LogP) is 1.07. The summed E-state index contributed by atoms with van der Waals surface area (Å²) < 4.78 is 27.8. The number of nitrogen functional groups attached to an aromatic ring is 1. The summed E-state index contributed by atoms with van der Waals surface area (Å²) >= 11 is 0. The molecule has 0 saturated carbocycles. The average molecular weight is 400 g/mol. The van der Waals surface area contributed by atoms with Crippen LogP contribution in [0.2, 0.25) is 0 Å². The van der Waals surface area contributed by atoms with Crippen LogP contribution in [0.3, 0.4) is 0 Å². The Kier molecular flexibility index (Phi) is 4.13. The van der Waals surface area contributed by atoms with E-state index in [1.807, 2.05) is 6.07 Å². The van der Waals surface area contributed by atoms with Gasteiger partial charge in [0.1, 0.15) is 17.5 Å². The van der Waals surface area contributed by atoms with Crippen LogP contribution in [0.4, 0.5) is 5.82 Å². The normalized spacial score (nSPS) is 16.9.